The highest BCUT2D eigenvalue weighted by Crippen LogP contribution is 2.35. The van der Waals surface area contributed by atoms with E-state index in [1.165, 1.54) is 0 Å². The van der Waals surface area contributed by atoms with Crippen LogP contribution in [0.15, 0.2) is 0 Å². The van der Waals surface area contributed by atoms with Crippen molar-refractivity contribution in [2.75, 3.05) is 18.1 Å². The molecule has 0 aromatic heterocycles. The minimum absolute atomic E-state index is 0.0249. The Bertz CT molecular complexity index is 278. The number of hydrogen-bond donors (Lipinski definition) is 2. The number of carbonyl (C=O) groups is 1. The lowest BCUT2D eigenvalue weighted by molar-refractivity contribution is -0.150. The predicted molar refractivity (Wildman–Crippen MR) is 79.1 cm³/mol. The zero-order valence-corrected chi connectivity index (χ0v) is 12.9. The maximum Gasteiger partial charge on any atom is 0.308 e. The van der Waals surface area contributed by atoms with Crippen LogP contribution in [0.1, 0.15) is 46.0 Å². The molecule has 4 nitrogen and oxygen atoms in total. The topological polar surface area (TPSA) is 72.5 Å². The van der Waals surface area contributed by atoms with Gasteiger partial charge in [0.1, 0.15) is 0 Å². The summed E-state index contributed by atoms with van der Waals surface area (Å²) < 4.78 is 5.03. The Morgan fingerprint density at radius 1 is 1.47 bits per heavy atom. The highest BCUT2D eigenvalue weighted by Gasteiger charge is 2.36. The number of carbonyl (C=O) groups excluding carboxylic acids is 1. The molecule has 0 bridgehead atoms. The Kier molecular flexibility index (Phi) is 7.18. The van der Waals surface area contributed by atoms with E-state index in [2.05, 4.69) is 6.92 Å². The fraction of sp³-hybridized carbons (Fsp3) is 0.929. The van der Waals surface area contributed by atoms with E-state index < -0.39 is 5.60 Å². The third-order valence-corrected chi connectivity index (χ3v) is 5.17. The lowest BCUT2D eigenvalue weighted by atomic mass is 9.80. The summed E-state index contributed by atoms with van der Waals surface area (Å²) in [6.45, 7) is 4.33. The van der Waals surface area contributed by atoms with Gasteiger partial charge < -0.3 is 15.6 Å². The van der Waals surface area contributed by atoms with Crippen LogP contribution in [0.25, 0.3) is 0 Å². The van der Waals surface area contributed by atoms with Gasteiger partial charge in [0.25, 0.3) is 0 Å². The van der Waals surface area contributed by atoms with Gasteiger partial charge in [-0.05, 0) is 39.0 Å². The van der Waals surface area contributed by atoms with Crippen molar-refractivity contribution in [2.45, 2.75) is 57.6 Å². The van der Waals surface area contributed by atoms with Crippen LogP contribution in [0.5, 0.6) is 0 Å². The van der Waals surface area contributed by atoms with E-state index in [0.29, 0.717) is 19.4 Å². The average Bonchev–Trinajstić information content (AvgIpc) is 2.39. The largest absolute Gasteiger partial charge is 0.466 e. The van der Waals surface area contributed by atoms with E-state index in [0.717, 1.165) is 30.8 Å². The minimum atomic E-state index is -0.624. The van der Waals surface area contributed by atoms with Crippen molar-refractivity contribution in [1.82, 2.24) is 0 Å². The van der Waals surface area contributed by atoms with Crippen molar-refractivity contribution < 1.29 is 14.6 Å². The molecular weight excluding hydrogens is 262 g/mol. The van der Waals surface area contributed by atoms with E-state index >= 15 is 0 Å². The summed E-state index contributed by atoms with van der Waals surface area (Å²) in [5, 5.41) is 10.5. The molecule has 112 valence electrons. The SMILES string of the molecule is CCOC(=O)C1CCC(O)(CSCC(N)CC)CC1. The molecule has 1 rings (SSSR count). The van der Waals surface area contributed by atoms with E-state index in [1.54, 1.807) is 11.8 Å². The zero-order valence-electron chi connectivity index (χ0n) is 12.1. The fourth-order valence-electron chi connectivity index (χ4n) is 2.31. The van der Waals surface area contributed by atoms with Crippen LogP contribution < -0.4 is 5.73 Å². The summed E-state index contributed by atoms with van der Waals surface area (Å²) >= 11 is 1.72. The first-order valence-corrected chi connectivity index (χ1v) is 8.38. The summed E-state index contributed by atoms with van der Waals surface area (Å²) in [4.78, 5) is 11.6. The third-order valence-electron chi connectivity index (χ3n) is 3.76. The normalized spacial score (nSPS) is 28.9. The number of rotatable bonds is 7. The summed E-state index contributed by atoms with van der Waals surface area (Å²) in [6.07, 6.45) is 3.80. The molecular formula is C14H27NO3S. The van der Waals surface area contributed by atoms with Crippen LogP contribution in [0.3, 0.4) is 0 Å². The summed E-state index contributed by atoms with van der Waals surface area (Å²) in [6, 6.07) is 0.212. The van der Waals surface area contributed by atoms with Crippen molar-refractivity contribution in [1.29, 1.82) is 0 Å². The molecule has 1 atom stereocenters. The molecule has 1 aliphatic rings. The van der Waals surface area contributed by atoms with Gasteiger partial charge in [0.2, 0.25) is 0 Å². The minimum Gasteiger partial charge on any atom is -0.466 e. The highest BCUT2D eigenvalue weighted by molar-refractivity contribution is 7.99. The summed E-state index contributed by atoms with van der Waals surface area (Å²) in [5.74, 6) is 1.48. The van der Waals surface area contributed by atoms with Gasteiger partial charge in [0.15, 0.2) is 0 Å². The number of nitrogens with two attached hydrogens (primary N) is 1. The lowest BCUT2D eigenvalue weighted by Crippen LogP contribution is -2.39. The Balaban J connectivity index is 2.28. The van der Waals surface area contributed by atoms with Gasteiger partial charge in [-0.3, -0.25) is 4.79 Å². The van der Waals surface area contributed by atoms with Crippen molar-refractivity contribution in [3.63, 3.8) is 0 Å². The Morgan fingerprint density at radius 2 is 2.11 bits per heavy atom. The van der Waals surface area contributed by atoms with Gasteiger partial charge in [0.05, 0.1) is 18.1 Å². The van der Waals surface area contributed by atoms with Gasteiger partial charge in [0, 0.05) is 17.5 Å². The lowest BCUT2D eigenvalue weighted by Gasteiger charge is -2.35. The first-order valence-electron chi connectivity index (χ1n) is 7.23. The van der Waals surface area contributed by atoms with Crippen molar-refractivity contribution in [3.8, 4) is 0 Å². The van der Waals surface area contributed by atoms with Gasteiger partial charge in [-0.15, -0.1) is 0 Å². The molecule has 3 N–H and O–H groups in total. The molecule has 1 saturated carbocycles. The van der Waals surface area contributed by atoms with Gasteiger partial charge in [-0.2, -0.15) is 11.8 Å². The fourth-order valence-corrected chi connectivity index (χ4v) is 3.64. The molecule has 0 aromatic carbocycles. The molecule has 0 saturated heterocycles. The first-order chi connectivity index (χ1) is 9.00. The molecule has 19 heavy (non-hydrogen) atoms. The van der Waals surface area contributed by atoms with Crippen LogP contribution in [0.2, 0.25) is 0 Å². The second-order valence-electron chi connectivity index (χ2n) is 5.43. The second kappa shape index (κ2) is 8.12. The molecule has 1 aliphatic carbocycles. The van der Waals surface area contributed by atoms with Gasteiger partial charge in [-0.25, -0.2) is 0 Å². The third kappa shape index (κ3) is 5.71. The maximum atomic E-state index is 11.6. The smallest absolute Gasteiger partial charge is 0.308 e. The van der Waals surface area contributed by atoms with Crippen LogP contribution >= 0.6 is 11.8 Å². The molecule has 0 heterocycles. The first kappa shape index (κ1) is 16.8. The quantitative estimate of drug-likeness (QED) is 0.701. The molecule has 0 spiro atoms. The Labute approximate surface area is 120 Å². The highest BCUT2D eigenvalue weighted by atomic mass is 32.2. The molecule has 1 fully saturated rings. The zero-order chi connectivity index (χ0) is 14.3. The second-order valence-corrected chi connectivity index (χ2v) is 6.46. The Morgan fingerprint density at radius 3 is 2.63 bits per heavy atom. The van der Waals surface area contributed by atoms with Crippen LogP contribution in [0.4, 0.5) is 0 Å². The van der Waals surface area contributed by atoms with Gasteiger partial charge in [-0.1, -0.05) is 6.92 Å². The molecule has 1 unspecified atom stereocenters. The molecule has 0 radical (unpaired) electrons. The molecule has 0 amide bonds. The van der Waals surface area contributed by atoms with E-state index in [-0.39, 0.29) is 17.9 Å². The average molecular weight is 289 g/mol. The molecule has 0 aliphatic heterocycles. The number of aliphatic hydroxyl groups is 1. The maximum absolute atomic E-state index is 11.6. The molecule has 5 heteroatoms. The van der Waals surface area contributed by atoms with Crippen LogP contribution in [-0.2, 0) is 9.53 Å². The Hall–Kier alpha value is -0.260. The summed E-state index contributed by atoms with van der Waals surface area (Å²) in [5.41, 5.74) is 5.24. The number of thioether (sulfide) groups is 1. The standard InChI is InChI=1S/C14H27NO3S/c1-3-12(15)9-19-10-14(17)7-5-11(6-8-14)13(16)18-4-2/h11-12,17H,3-10,15H2,1-2H3. The van der Waals surface area contributed by atoms with Crippen LogP contribution in [-0.4, -0.2) is 40.8 Å². The van der Waals surface area contributed by atoms with Crippen molar-refractivity contribution in [2.24, 2.45) is 11.7 Å². The van der Waals surface area contributed by atoms with Crippen LogP contribution in [0, 0.1) is 5.92 Å². The van der Waals surface area contributed by atoms with E-state index in [1.807, 2.05) is 6.92 Å². The molecule has 0 aromatic rings. The van der Waals surface area contributed by atoms with E-state index in [9.17, 15) is 9.90 Å². The summed E-state index contributed by atoms with van der Waals surface area (Å²) in [7, 11) is 0. The number of esters is 1. The number of hydrogen-bond acceptors (Lipinski definition) is 5. The van der Waals surface area contributed by atoms with Gasteiger partial charge >= 0.3 is 5.97 Å². The monoisotopic (exact) mass is 289 g/mol. The predicted octanol–water partition coefficient (Wildman–Crippen LogP) is 1.94. The van der Waals surface area contributed by atoms with Crippen molar-refractivity contribution in [3.05, 3.63) is 0 Å². The number of ether oxygens (including phenoxy) is 1. The van der Waals surface area contributed by atoms with E-state index in [4.69, 9.17) is 10.5 Å². The van der Waals surface area contributed by atoms with Crippen molar-refractivity contribution >= 4 is 17.7 Å².